The average molecular weight is 1680 g/mol. The summed E-state index contributed by atoms with van der Waals surface area (Å²) in [7, 11) is 0. The topological polar surface area (TPSA) is 36.9 Å². The Balaban J connectivity index is -0.000000113. The molecule has 12 aromatic carbocycles. The Labute approximate surface area is 766 Å². The number of rotatable bonds is 14. The largest absolute Gasteiger partial charge is 0.481 e. The predicted octanol–water partition coefficient (Wildman–Crippen LogP) is 39.4. The normalized spacial score (nSPS) is 7.81. The maximum absolute atomic E-state index is 5.46. The minimum atomic E-state index is 0.199. The van der Waals surface area contributed by atoms with Crippen LogP contribution >= 0.6 is 0 Å². The second kappa shape index (κ2) is 111. The minimum Gasteiger partial charge on any atom is -0.481 e. The van der Waals surface area contributed by atoms with E-state index < -0.39 is 0 Å². The lowest BCUT2D eigenvalue weighted by molar-refractivity contribution is 0.315. The highest BCUT2D eigenvalue weighted by Crippen LogP contribution is 2.33. The first kappa shape index (κ1) is 138. The molecular formula is C120H176O4. The van der Waals surface area contributed by atoms with Crippen molar-refractivity contribution in [1.29, 1.82) is 0 Å². The van der Waals surface area contributed by atoms with Gasteiger partial charge in [-0.15, -0.1) is 25.7 Å². The van der Waals surface area contributed by atoms with Gasteiger partial charge in [0.05, 0.1) is 0 Å². The van der Waals surface area contributed by atoms with Crippen LogP contribution in [-0.2, 0) is 0 Å². The van der Waals surface area contributed by atoms with Crippen LogP contribution in [0.5, 0.6) is 23.0 Å². The summed E-state index contributed by atoms with van der Waals surface area (Å²) in [4.78, 5) is 0. The second-order valence-corrected chi connectivity index (χ2v) is 19.3. The van der Waals surface area contributed by atoms with E-state index >= 15 is 0 Å². The monoisotopic (exact) mass is 1680 g/mol. The van der Waals surface area contributed by atoms with Gasteiger partial charge in [0.1, 0.15) is 37.9 Å². The van der Waals surface area contributed by atoms with Gasteiger partial charge in [0, 0.05) is 5.39 Å². The van der Waals surface area contributed by atoms with Crippen LogP contribution in [0.4, 0.5) is 0 Å². The number of ether oxygens (including phenoxy) is 4. The zero-order valence-electron chi connectivity index (χ0n) is 85.4. The van der Waals surface area contributed by atoms with Crippen LogP contribution in [0.15, 0.2) is 270 Å². The summed E-state index contributed by atoms with van der Waals surface area (Å²) in [6.45, 7) is 95.9. The van der Waals surface area contributed by atoms with Crippen LogP contribution in [0.25, 0.3) is 101 Å². The molecule has 0 amide bonds. The quantitative estimate of drug-likeness (QED) is 0.102. The third kappa shape index (κ3) is 58.2. The number of terminal acetylenes is 4. The van der Waals surface area contributed by atoms with Crippen molar-refractivity contribution in [3.8, 4) is 72.4 Å². The molecule has 0 saturated carbocycles. The van der Waals surface area contributed by atoms with Crippen LogP contribution in [0.1, 0.15) is 283 Å². The summed E-state index contributed by atoms with van der Waals surface area (Å²) in [6, 6.07) is 77.5. The van der Waals surface area contributed by atoms with E-state index in [0.29, 0.717) is 24.7 Å². The molecule has 12 rings (SSSR count). The molecule has 0 aliphatic heterocycles. The van der Waals surface area contributed by atoms with E-state index in [1.165, 1.54) is 48.5 Å². The van der Waals surface area contributed by atoms with Gasteiger partial charge in [-0.3, -0.25) is 0 Å². The van der Waals surface area contributed by atoms with E-state index in [2.05, 4.69) is 160 Å². The lowest BCUT2D eigenvalue weighted by atomic mass is 9.99. The number of hydrogen-bond donors (Lipinski definition) is 0. The molecule has 0 N–H and O–H groups in total. The Morgan fingerprint density at radius 1 is 0.210 bits per heavy atom. The van der Waals surface area contributed by atoms with Gasteiger partial charge in [0.25, 0.3) is 0 Å². The van der Waals surface area contributed by atoms with Crippen molar-refractivity contribution in [3.63, 3.8) is 0 Å². The highest BCUT2D eigenvalue weighted by Gasteiger charge is 2.08. The fraction of sp³-hybridized carbons (Fsp3) is 0.333. The molecule has 680 valence electrons. The van der Waals surface area contributed by atoms with Gasteiger partial charge in [-0.05, 0) is 147 Å². The molecule has 0 atom stereocenters. The molecule has 0 aliphatic rings. The zero-order chi connectivity index (χ0) is 98.3. The van der Waals surface area contributed by atoms with E-state index in [4.69, 9.17) is 44.6 Å². The summed E-state index contributed by atoms with van der Waals surface area (Å²) in [5.74, 6) is 12.7. The third-order valence-corrected chi connectivity index (χ3v) is 13.7. The minimum absolute atomic E-state index is 0.199. The van der Waals surface area contributed by atoms with Gasteiger partial charge in [0.2, 0.25) is 0 Å². The van der Waals surface area contributed by atoms with Crippen molar-refractivity contribution >= 4 is 101 Å². The maximum Gasteiger partial charge on any atom is 0.163 e. The van der Waals surface area contributed by atoms with E-state index in [0.717, 1.165) is 61.0 Å². The van der Waals surface area contributed by atoms with E-state index in [9.17, 15) is 0 Å². The summed E-state index contributed by atoms with van der Waals surface area (Å²) in [5.41, 5.74) is 6.88. The van der Waals surface area contributed by atoms with Crippen LogP contribution in [0.2, 0.25) is 0 Å². The molecule has 0 bridgehead atoms. The first-order valence-electron chi connectivity index (χ1n) is 46.3. The highest BCUT2D eigenvalue weighted by molar-refractivity contribution is 5.95. The van der Waals surface area contributed by atoms with E-state index in [1.807, 2.05) is 419 Å². The first-order valence-corrected chi connectivity index (χ1v) is 46.3. The van der Waals surface area contributed by atoms with Crippen LogP contribution in [0.3, 0.4) is 0 Å². The molecule has 0 saturated heterocycles. The molecule has 0 fully saturated rings. The van der Waals surface area contributed by atoms with Crippen molar-refractivity contribution in [2.24, 2.45) is 0 Å². The van der Waals surface area contributed by atoms with Gasteiger partial charge in [0.15, 0.2) is 11.5 Å². The molecule has 4 nitrogen and oxygen atoms in total. The predicted molar refractivity (Wildman–Crippen MR) is 586 cm³/mol. The Kier molecular flexibility index (Phi) is 124. The third-order valence-electron chi connectivity index (χ3n) is 13.7. The SMILES string of the molecule is C#CCOc1cc2ccccc2cc1OCC#C.C#CCOc1ccc2ccccc2c1.C#CCOc1cccc2ccccc12.C=Cc1cc(C=C)c2ccccc2c1.C=Cc1cc2ccccc2cc1C=C.C=Cc1ccc2ccccc2c1C=C.CC.CC.CC.CC.CC.CC.CC.CC.CC.CC.CC.CC.CC.CC.CC.CC.CC.CC. The van der Waals surface area contributed by atoms with Gasteiger partial charge in [-0.25, -0.2) is 0 Å². The Bertz CT molecular complexity index is 4460. The van der Waals surface area contributed by atoms with Crippen LogP contribution in [0, 0.1) is 49.4 Å². The van der Waals surface area contributed by atoms with Crippen LogP contribution in [-0.4, -0.2) is 26.4 Å². The standard InChI is InChI=1S/C16H12O2.3C14H12.2C13H10O.18C2H6/c1-3-9-17-15-11-13-7-5-6-8-14(13)12-16(15)18-10-4-2;1-3-11-9-13-7-5-6-8-14(13)10-12(11)4-2;1-3-11-9-12(4-2)14-8-6-5-7-13(14)10-11;1-3-11-9-10-12-7-5-6-8-14(12)13(11)4-2;1-2-10-14-13-9-5-7-11-6-3-4-8-12(11)13;1-2-9-14-13-8-7-11-5-3-4-6-12(11)10-13;18*1-2/h1-2,5-8,11-12H,9-10H2;3*3-10H,1-2H2;1,3-9H,10H2;1,3-8,10H,9H2;18*1-2H3. The van der Waals surface area contributed by atoms with Gasteiger partial charge >= 0.3 is 0 Å². The van der Waals surface area contributed by atoms with Gasteiger partial charge in [-0.2, -0.15) is 0 Å². The van der Waals surface area contributed by atoms with Crippen molar-refractivity contribution < 1.29 is 18.9 Å². The molecule has 0 spiro atoms. The van der Waals surface area contributed by atoms with E-state index in [1.54, 1.807) is 0 Å². The lowest BCUT2D eigenvalue weighted by Crippen LogP contribution is -2.00. The highest BCUT2D eigenvalue weighted by atomic mass is 16.5. The van der Waals surface area contributed by atoms with E-state index in [-0.39, 0.29) is 13.2 Å². The number of fused-ring (bicyclic) bond motifs is 6. The second-order valence-electron chi connectivity index (χ2n) is 19.3. The maximum atomic E-state index is 5.46. The molecule has 0 aliphatic carbocycles. The molecule has 0 aromatic heterocycles. The summed E-state index contributed by atoms with van der Waals surface area (Å²) in [5, 5.41) is 14.2. The fourth-order valence-electron chi connectivity index (χ4n) is 9.48. The smallest absolute Gasteiger partial charge is 0.163 e. The van der Waals surface area contributed by atoms with Gasteiger partial charge < -0.3 is 18.9 Å². The van der Waals surface area contributed by atoms with Crippen molar-refractivity contribution in [2.45, 2.75) is 249 Å². The van der Waals surface area contributed by atoms with Crippen molar-refractivity contribution in [1.82, 2.24) is 0 Å². The van der Waals surface area contributed by atoms with Crippen molar-refractivity contribution in [3.05, 3.63) is 303 Å². The fourth-order valence-corrected chi connectivity index (χ4v) is 9.48. The zero-order valence-corrected chi connectivity index (χ0v) is 85.4. The molecular weight excluding hydrogens is 1510 g/mol. The molecule has 0 heterocycles. The summed E-state index contributed by atoms with van der Waals surface area (Å²) in [6.07, 6.45) is 31.9. The van der Waals surface area contributed by atoms with Gasteiger partial charge in [-0.1, -0.05) is 525 Å². The first-order chi connectivity index (χ1) is 61.2. The molecule has 4 heteroatoms. The molecule has 12 aromatic rings. The molecule has 0 unspecified atom stereocenters. The Hall–Kier alpha value is -11.9. The Morgan fingerprint density at radius 2 is 0.492 bits per heavy atom. The average Bonchev–Trinajstić information content (AvgIpc) is 0.820. The summed E-state index contributed by atoms with van der Waals surface area (Å²) >= 11 is 0. The van der Waals surface area contributed by atoms with Crippen LogP contribution < -0.4 is 18.9 Å². The number of benzene rings is 12. The lowest BCUT2D eigenvalue weighted by Gasteiger charge is -2.11. The molecule has 0 radical (unpaired) electrons. The Morgan fingerprint density at radius 3 is 0.847 bits per heavy atom. The van der Waals surface area contributed by atoms with Crippen molar-refractivity contribution in [2.75, 3.05) is 26.4 Å². The summed E-state index contributed by atoms with van der Waals surface area (Å²) < 4.78 is 21.7. The number of hydrogen-bond acceptors (Lipinski definition) is 4. The molecule has 124 heavy (non-hydrogen) atoms.